The average molecular weight is 292 g/mol. The molecule has 1 saturated heterocycles. The number of nitrogens with one attached hydrogen (secondary N) is 1. The van der Waals surface area contributed by atoms with Crippen LogP contribution < -0.4 is 10.1 Å². The van der Waals surface area contributed by atoms with E-state index in [4.69, 9.17) is 9.47 Å². The smallest absolute Gasteiger partial charge is 0.411 e. The molecule has 0 aromatic heterocycles. The van der Waals surface area contributed by atoms with Gasteiger partial charge in [-0.05, 0) is 30.5 Å². The number of ether oxygens (including phenoxy) is 2. The number of carbonyl (C=O) groups excluding carboxylic acids is 2. The molecule has 1 heterocycles. The topological polar surface area (TPSA) is 67.9 Å². The molecule has 0 spiro atoms. The summed E-state index contributed by atoms with van der Waals surface area (Å²) in [6, 6.07) is 7.33. The molecule has 0 saturated carbocycles. The molecule has 1 aliphatic rings. The highest BCUT2D eigenvalue weighted by Crippen LogP contribution is 2.17. The van der Waals surface area contributed by atoms with E-state index >= 15 is 0 Å². The number of hydrogen-bond acceptors (Lipinski definition) is 4. The fraction of sp³-hybridized carbons (Fsp3) is 0.467. The standard InChI is InChI=1S/C15H20N2O4/c1-11(18)16-14-4-3-9-17(14)15(19)21-10-12-5-7-13(20-2)8-6-12/h5-8,14H,3-4,9-10H2,1-2H3,(H,16,18). The van der Waals surface area contributed by atoms with Crippen molar-refractivity contribution in [1.82, 2.24) is 10.2 Å². The van der Waals surface area contributed by atoms with E-state index in [1.165, 1.54) is 6.92 Å². The Morgan fingerprint density at radius 2 is 2.05 bits per heavy atom. The number of nitrogens with zero attached hydrogens (tertiary/aromatic N) is 1. The molecule has 1 unspecified atom stereocenters. The van der Waals surface area contributed by atoms with Crippen molar-refractivity contribution >= 4 is 12.0 Å². The zero-order valence-electron chi connectivity index (χ0n) is 12.3. The van der Waals surface area contributed by atoms with Crippen LogP contribution in [0.15, 0.2) is 24.3 Å². The van der Waals surface area contributed by atoms with Crippen LogP contribution in [0, 0.1) is 0 Å². The lowest BCUT2D eigenvalue weighted by Gasteiger charge is -2.24. The third kappa shape index (κ3) is 4.11. The zero-order valence-corrected chi connectivity index (χ0v) is 12.3. The first-order chi connectivity index (χ1) is 10.1. The van der Waals surface area contributed by atoms with Gasteiger partial charge in [0, 0.05) is 13.5 Å². The molecule has 0 aliphatic carbocycles. The first-order valence-electron chi connectivity index (χ1n) is 6.93. The Kier molecular flexibility index (Phi) is 5.03. The quantitative estimate of drug-likeness (QED) is 0.920. The Morgan fingerprint density at radius 1 is 1.33 bits per heavy atom. The predicted molar refractivity (Wildman–Crippen MR) is 76.7 cm³/mol. The molecule has 2 amide bonds. The third-order valence-electron chi connectivity index (χ3n) is 3.38. The number of rotatable bonds is 4. The number of carbonyl (C=O) groups is 2. The molecule has 1 N–H and O–H groups in total. The largest absolute Gasteiger partial charge is 0.497 e. The summed E-state index contributed by atoms with van der Waals surface area (Å²) in [5, 5.41) is 2.76. The van der Waals surface area contributed by atoms with Crippen LogP contribution in [0.5, 0.6) is 5.75 Å². The maximum atomic E-state index is 12.1. The van der Waals surface area contributed by atoms with Crippen molar-refractivity contribution in [2.45, 2.75) is 32.5 Å². The van der Waals surface area contributed by atoms with E-state index in [-0.39, 0.29) is 18.7 Å². The Hall–Kier alpha value is -2.24. The predicted octanol–water partition coefficient (Wildman–Crippen LogP) is 1.89. The van der Waals surface area contributed by atoms with E-state index in [9.17, 15) is 9.59 Å². The summed E-state index contributed by atoms with van der Waals surface area (Å²) in [4.78, 5) is 24.7. The van der Waals surface area contributed by atoms with Crippen molar-refractivity contribution in [3.05, 3.63) is 29.8 Å². The van der Waals surface area contributed by atoms with Crippen LogP contribution in [0.3, 0.4) is 0 Å². The SMILES string of the molecule is COc1ccc(COC(=O)N2CCCC2NC(C)=O)cc1. The minimum Gasteiger partial charge on any atom is -0.497 e. The van der Waals surface area contributed by atoms with Gasteiger partial charge < -0.3 is 14.8 Å². The van der Waals surface area contributed by atoms with E-state index in [0.29, 0.717) is 6.54 Å². The van der Waals surface area contributed by atoms with Crippen LogP contribution in [0.25, 0.3) is 0 Å². The Labute approximate surface area is 124 Å². The number of likely N-dealkylation sites (tertiary alicyclic amines) is 1. The minimum atomic E-state index is -0.401. The van der Waals surface area contributed by atoms with E-state index < -0.39 is 6.09 Å². The van der Waals surface area contributed by atoms with Gasteiger partial charge in [0.15, 0.2) is 0 Å². The molecule has 6 nitrogen and oxygen atoms in total. The minimum absolute atomic E-state index is 0.144. The summed E-state index contributed by atoms with van der Waals surface area (Å²) < 4.78 is 10.4. The summed E-state index contributed by atoms with van der Waals surface area (Å²) in [5.41, 5.74) is 0.888. The van der Waals surface area contributed by atoms with Gasteiger partial charge in [-0.3, -0.25) is 9.69 Å². The van der Waals surface area contributed by atoms with E-state index in [0.717, 1.165) is 24.2 Å². The second-order valence-corrected chi connectivity index (χ2v) is 4.95. The number of hydrogen-bond donors (Lipinski definition) is 1. The van der Waals surface area contributed by atoms with Gasteiger partial charge in [-0.25, -0.2) is 4.79 Å². The van der Waals surface area contributed by atoms with Crippen molar-refractivity contribution in [1.29, 1.82) is 0 Å². The summed E-state index contributed by atoms with van der Waals surface area (Å²) in [5.74, 6) is 0.616. The van der Waals surface area contributed by atoms with Gasteiger partial charge in [0.05, 0.1) is 7.11 Å². The maximum absolute atomic E-state index is 12.1. The lowest BCUT2D eigenvalue weighted by Crippen LogP contribution is -2.46. The van der Waals surface area contributed by atoms with E-state index in [1.54, 1.807) is 12.0 Å². The van der Waals surface area contributed by atoms with Gasteiger partial charge in [-0.15, -0.1) is 0 Å². The van der Waals surface area contributed by atoms with Crippen LogP contribution in [-0.2, 0) is 16.1 Å². The summed E-state index contributed by atoms with van der Waals surface area (Å²) in [6.07, 6.45) is 0.965. The first kappa shape index (κ1) is 15.2. The molecular formula is C15H20N2O4. The second kappa shape index (κ2) is 6.97. The fourth-order valence-electron chi connectivity index (χ4n) is 2.32. The molecule has 6 heteroatoms. The van der Waals surface area contributed by atoms with Crippen molar-refractivity contribution in [3.8, 4) is 5.75 Å². The summed E-state index contributed by atoms with van der Waals surface area (Å²) >= 11 is 0. The van der Waals surface area contributed by atoms with Crippen LogP contribution in [0.1, 0.15) is 25.3 Å². The van der Waals surface area contributed by atoms with Crippen molar-refractivity contribution in [2.24, 2.45) is 0 Å². The van der Waals surface area contributed by atoms with Crippen molar-refractivity contribution < 1.29 is 19.1 Å². The highest BCUT2D eigenvalue weighted by Gasteiger charge is 2.30. The fourth-order valence-corrected chi connectivity index (χ4v) is 2.32. The lowest BCUT2D eigenvalue weighted by atomic mass is 10.2. The van der Waals surface area contributed by atoms with Gasteiger partial charge >= 0.3 is 6.09 Å². The molecule has 2 rings (SSSR count). The second-order valence-electron chi connectivity index (χ2n) is 4.95. The molecule has 0 radical (unpaired) electrons. The third-order valence-corrected chi connectivity index (χ3v) is 3.38. The Morgan fingerprint density at radius 3 is 2.67 bits per heavy atom. The monoisotopic (exact) mass is 292 g/mol. The summed E-state index contributed by atoms with van der Waals surface area (Å²) in [6.45, 7) is 2.25. The molecule has 1 aromatic rings. The van der Waals surface area contributed by atoms with Gasteiger partial charge in [0.1, 0.15) is 18.5 Å². The Balaban J connectivity index is 1.87. The zero-order chi connectivity index (χ0) is 15.2. The summed E-state index contributed by atoms with van der Waals surface area (Å²) in [7, 11) is 1.60. The molecule has 21 heavy (non-hydrogen) atoms. The van der Waals surface area contributed by atoms with Gasteiger partial charge in [-0.1, -0.05) is 12.1 Å². The average Bonchev–Trinajstić information content (AvgIpc) is 2.92. The lowest BCUT2D eigenvalue weighted by molar-refractivity contribution is -0.120. The molecule has 0 bridgehead atoms. The highest BCUT2D eigenvalue weighted by molar-refractivity contribution is 5.74. The molecular weight excluding hydrogens is 272 g/mol. The van der Waals surface area contributed by atoms with Crippen LogP contribution >= 0.6 is 0 Å². The van der Waals surface area contributed by atoms with Crippen molar-refractivity contribution in [3.63, 3.8) is 0 Å². The maximum Gasteiger partial charge on any atom is 0.411 e. The van der Waals surface area contributed by atoms with E-state index in [1.807, 2.05) is 24.3 Å². The molecule has 1 atom stereocenters. The van der Waals surface area contributed by atoms with Gasteiger partial charge in [0.2, 0.25) is 5.91 Å². The van der Waals surface area contributed by atoms with Crippen molar-refractivity contribution in [2.75, 3.05) is 13.7 Å². The number of amides is 2. The number of methoxy groups -OCH3 is 1. The number of benzene rings is 1. The molecule has 1 aromatic carbocycles. The van der Waals surface area contributed by atoms with Gasteiger partial charge in [0.25, 0.3) is 0 Å². The van der Waals surface area contributed by atoms with Gasteiger partial charge in [-0.2, -0.15) is 0 Å². The highest BCUT2D eigenvalue weighted by atomic mass is 16.6. The Bertz CT molecular complexity index is 501. The molecule has 1 fully saturated rings. The molecule has 1 aliphatic heterocycles. The first-order valence-corrected chi connectivity index (χ1v) is 6.93. The van der Waals surface area contributed by atoms with Crippen LogP contribution in [0.2, 0.25) is 0 Å². The van der Waals surface area contributed by atoms with E-state index in [2.05, 4.69) is 5.32 Å². The molecule has 114 valence electrons. The van der Waals surface area contributed by atoms with Crippen LogP contribution in [0.4, 0.5) is 4.79 Å². The normalized spacial score (nSPS) is 17.4. The van der Waals surface area contributed by atoms with Crippen LogP contribution in [-0.4, -0.2) is 36.7 Å².